The van der Waals surface area contributed by atoms with Gasteiger partial charge in [0.15, 0.2) is 0 Å². The van der Waals surface area contributed by atoms with Crippen molar-refractivity contribution >= 4 is 33.4 Å². The molecule has 1 saturated heterocycles. The van der Waals surface area contributed by atoms with Gasteiger partial charge in [-0.15, -0.1) is 0 Å². The van der Waals surface area contributed by atoms with Crippen LogP contribution in [-0.2, 0) is 4.74 Å². The third-order valence-electron chi connectivity index (χ3n) is 3.32. The topological polar surface area (TPSA) is 51.2 Å². The van der Waals surface area contributed by atoms with Crippen LogP contribution in [0.4, 0.5) is 0 Å². The first kappa shape index (κ1) is 14.8. The van der Waals surface area contributed by atoms with E-state index in [1.807, 2.05) is 0 Å². The number of halogens is 2. The highest BCUT2D eigenvalue weighted by atomic mass is 79.9. The fourth-order valence-electron chi connectivity index (χ4n) is 2.28. The predicted octanol–water partition coefficient (Wildman–Crippen LogP) is 3.04. The Bertz CT molecular complexity index is 470. The van der Waals surface area contributed by atoms with Crippen molar-refractivity contribution in [1.29, 1.82) is 0 Å². The Morgan fingerprint density at radius 3 is 3.21 bits per heavy atom. The summed E-state index contributed by atoms with van der Waals surface area (Å²) in [6.45, 7) is 3.48. The first-order chi connectivity index (χ1) is 9.11. The van der Waals surface area contributed by atoms with Gasteiger partial charge >= 0.3 is 0 Å². The van der Waals surface area contributed by atoms with E-state index in [2.05, 4.69) is 33.2 Å². The number of rotatable bonds is 4. The van der Waals surface area contributed by atoms with Crippen molar-refractivity contribution in [2.45, 2.75) is 25.9 Å². The Morgan fingerprint density at radius 2 is 2.47 bits per heavy atom. The van der Waals surface area contributed by atoms with Crippen molar-refractivity contribution in [3.8, 4) is 0 Å². The summed E-state index contributed by atoms with van der Waals surface area (Å²) in [4.78, 5) is 16.0. The van der Waals surface area contributed by atoms with Gasteiger partial charge < -0.3 is 10.1 Å². The summed E-state index contributed by atoms with van der Waals surface area (Å²) in [6, 6.07) is 1.67. The molecule has 1 fully saturated rings. The molecule has 0 spiro atoms. The number of carbonyl (C=O) groups excluding carboxylic acids is 1. The van der Waals surface area contributed by atoms with Gasteiger partial charge in [-0.25, -0.2) is 4.98 Å². The van der Waals surface area contributed by atoms with E-state index in [1.54, 1.807) is 12.3 Å². The second kappa shape index (κ2) is 6.68. The quantitative estimate of drug-likeness (QED) is 0.852. The van der Waals surface area contributed by atoms with Gasteiger partial charge in [-0.1, -0.05) is 18.5 Å². The molecular weight excluding hydrogens is 332 g/mol. The minimum atomic E-state index is -0.194. The van der Waals surface area contributed by atoms with Crippen molar-refractivity contribution < 1.29 is 9.53 Å². The number of hydrogen-bond donors (Lipinski definition) is 1. The Hall–Kier alpha value is -0.650. The number of hydrogen-bond acceptors (Lipinski definition) is 3. The largest absolute Gasteiger partial charge is 0.378 e. The molecule has 0 saturated carbocycles. The smallest absolute Gasteiger partial charge is 0.254 e. The first-order valence-electron chi connectivity index (χ1n) is 6.32. The van der Waals surface area contributed by atoms with Crippen molar-refractivity contribution in [2.75, 3.05) is 13.2 Å². The van der Waals surface area contributed by atoms with Crippen LogP contribution in [0.25, 0.3) is 0 Å². The van der Waals surface area contributed by atoms with Crippen LogP contribution in [0.1, 0.15) is 30.1 Å². The van der Waals surface area contributed by atoms with Gasteiger partial charge in [0.25, 0.3) is 5.91 Å². The van der Waals surface area contributed by atoms with E-state index >= 15 is 0 Å². The summed E-state index contributed by atoms with van der Waals surface area (Å²) in [7, 11) is 0. The second-order valence-corrected chi connectivity index (χ2v) is 5.84. The Kier molecular flexibility index (Phi) is 5.19. The van der Waals surface area contributed by atoms with Crippen LogP contribution in [0.2, 0.25) is 5.15 Å². The van der Waals surface area contributed by atoms with E-state index in [0.717, 1.165) is 23.9 Å². The molecule has 104 valence electrons. The van der Waals surface area contributed by atoms with Gasteiger partial charge in [0.1, 0.15) is 5.15 Å². The summed E-state index contributed by atoms with van der Waals surface area (Å²) in [6.07, 6.45) is 3.77. The molecule has 19 heavy (non-hydrogen) atoms. The van der Waals surface area contributed by atoms with Gasteiger partial charge in [0, 0.05) is 29.7 Å². The van der Waals surface area contributed by atoms with Gasteiger partial charge in [-0.05, 0) is 34.8 Å². The number of amides is 1. The van der Waals surface area contributed by atoms with Crippen molar-refractivity contribution in [1.82, 2.24) is 10.3 Å². The molecule has 1 aromatic rings. The number of carbonyl (C=O) groups is 1. The highest BCUT2D eigenvalue weighted by molar-refractivity contribution is 9.10. The molecule has 1 amide bonds. The molecule has 1 N–H and O–H groups in total. The normalized spacial score (nSPS) is 22.5. The van der Waals surface area contributed by atoms with Gasteiger partial charge in [-0.3, -0.25) is 4.79 Å². The average molecular weight is 348 g/mol. The van der Waals surface area contributed by atoms with Crippen LogP contribution >= 0.6 is 27.5 Å². The minimum Gasteiger partial charge on any atom is -0.378 e. The zero-order chi connectivity index (χ0) is 13.8. The number of pyridine rings is 1. The molecule has 1 aliphatic rings. The van der Waals surface area contributed by atoms with Crippen LogP contribution in [0.5, 0.6) is 0 Å². The second-order valence-electron chi connectivity index (χ2n) is 4.57. The number of ether oxygens (including phenoxy) is 1. The van der Waals surface area contributed by atoms with Crippen molar-refractivity contribution in [3.63, 3.8) is 0 Å². The molecule has 2 rings (SSSR count). The molecule has 1 aromatic heterocycles. The summed E-state index contributed by atoms with van der Waals surface area (Å²) in [5.41, 5.74) is 0.392. The first-order valence-corrected chi connectivity index (χ1v) is 7.49. The van der Waals surface area contributed by atoms with Crippen molar-refractivity contribution in [3.05, 3.63) is 27.5 Å². The molecule has 4 nitrogen and oxygen atoms in total. The molecule has 0 aliphatic carbocycles. The lowest BCUT2D eigenvalue weighted by atomic mass is 9.99. The number of nitrogens with one attached hydrogen (secondary N) is 1. The molecule has 6 heteroatoms. The zero-order valence-electron chi connectivity index (χ0n) is 10.7. The molecule has 1 aliphatic heterocycles. The monoisotopic (exact) mass is 346 g/mol. The maximum absolute atomic E-state index is 12.1. The van der Waals surface area contributed by atoms with E-state index in [9.17, 15) is 4.79 Å². The zero-order valence-corrected chi connectivity index (χ0v) is 13.0. The summed E-state index contributed by atoms with van der Waals surface area (Å²) < 4.78 is 6.33. The number of nitrogens with zero attached hydrogens (tertiary/aromatic N) is 1. The lowest BCUT2D eigenvalue weighted by Gasteiger charge is -2.17. The SMILES string of the molecule is CCC1OCCC1CNC(=O)c1cc(Br)cnc1Cl. The van der Waals surface area contributed by atoms with Crippen LogP contribution in [0.3, 0.4) is 0 Å². The third kappa shape index (κ3) is 3.68. The van der Waals surface area contributed by atoms with Gasteiger partial charge in [0.05, 0.1) is 11.7 Å². The molecule has 2 atom stereocenters. The molecule has 0 bridgehead atoms. The standard InChI is InChI=1S/C13H16BrClN2O2/c1-2-11-8(3-4-19-11)6-17-13(18)10-5-9(14)7-16-12(10)15/h5,7-8,11H,2-4,6H2,1H3,(H,17,18). The van der Waals surface area contributed by atoms with E-state index in [4.69, 9.17) is 16.3 Å². The highest BCUT2D eigenvalue weighted by Gasteiger charge is 2.27. The lowest BCUT2D eigenvalue weighted by molar-refractivity contribution is 0.0827. The molecular formula is C13H16BrClN2O2. The van der Waals surface area contributed by atoms with Crippen LogP contribution in [-0.4, -0.2) is 30.1 Å². The molecule has 2 heterocycles. The minimum absolute atomic E-state index is 0.194. The van der Waals surface area contributed by atoms with Crippen LogP contribution in [0, 0.1) is 5.92 Å². The molecule has 2 unspecified atom stereocenters. The van der Waals surface area contributed by atoms with E-state index in [0.29, 0.717) is 18.0 Å². The Balaban J connectivity index is 1.96. The molecule has 0 radical (unpaired) electrons. The van der Waals surface area contributed by atoms with E-state index < -0.39 is 0 Å². The van der Waals surface area contributed by atoms with E-state index in [-0.39, 0.29) is 17.2 Å². The Labute approximate surface area is 126 Å². The number of aromatic nitrogens is 1. The van der Waals surface area contributed by atoms with Crippen molar-refractivity contribution in [2.24, 2.45) is 5.92 Å². The average Bonchev–Trinajstić information content (AvgIpc) is 2.86. The highest BCUT2D eigenvalue weighted by Crippen LogP contribution is 2.23. The van der Waals surface area contributed by atoms with Gasteiger partial charge in [-0.2, -0.15) is 0 Å². The Morgan fingerprint density at radius 1 is 1.68 bits per heavy atom. The summed E-state index contributed by atoms with van der Waals surface area (Å²) in [5.74, 6) is 0.188. The maximum atomic E-state index is 12.1. The molecule has 0 aromatic carbocycles. The summed E-state index contributed by atoms with van der Waals surface area (Å²) in [5, 5.41) is 3.13. The predicted molar refractivity (Wildman–Crippen MR) is 77.4 cm³/mol. The van der Waals surface area contributed by atoms with Gasteiger partial charge in [0.2, 0.25) is 0 Å². The summed E-state index contributed by atoms with van der Waals surface area (Å²) >= 11 is 9.21. The fraction of sp³-hybridized carbons (Fsp3) is 0.538. The van der Waals surface area contributed by atoms with E-state index in [1.165, 1.54) is 0 Å². The van der Waals surface area contributed by atoms with Crippen LogP contribution in [0.15, 0.2) is 16.7 Å². The third-order valence-corrected chi connectivity index (χ3v) is 4.06. The van der Waals surface area contributed by atoms with Crippen LogP contribution < -0.4 is 5.32 Å². The maximum Gasteiger partial charge on any atom is 0.254 e. The lowest BCUT2D eigenvalue weighted by Crippen LogP contribution is -2.33. The fourth-order valence-corrected chi connectivity index (χ4v) is 2.80.